The van der Waals surface area contributed by atoms with E-state index in [1.807, 2.05) is 0 Å². The Balaban J connectivity index is 1.73. The molecule has 2 fully saturated rings. The topological polar surface area (TPSA) is 50.3 Å². The lowest BCUT2D eigenvalue weighted by Gasteiger charge is -2.38. The van der Waals surface area contributed by atoms with Gasteiger partial charge in [-0.05, 0) is 42.7 Å². The minimum absolute atomic E-state index is 0.138. The monoisotopic (exact) mass is 328 g/mol. The molecule has 2 aliphatic rings. The van der Waals surface area contributed by atoms with Gasteiger partial charge in [0.1, 0.15) is 0 Å². The smallest absolute Gasteiger partial charge is 0.243 e. The van der Waals surface area contributed by atoms with E-state index in [1.165, 1.54) is 25.7 Å². The Kier molecular flexibility index (Phi) is 4.26. The Bertz CT molecular complexity index is 585. The van der Waals surface area contributed by atoms with Crippen LogP contribution in [0, 0.1) is 5.41 Å². The van der Waals surface area contributed by atoms with Crippen LogP contribution in [0.25, 0.3) is 0 Å². The number of sulfonamides is 1. The maximum atomic E-state index is 12.6. The third-order valence-electron chi connectivity index (χ3n) is 5.00. The molecule has 0 amide bonds. The van der Waals surface area contributed by atoms with Crippen molar-refractivity contribution < 1.29 is 8.42 Å². The number of hydrogen-bond donors (Lipinski definition) is 0. The van der Waals surface area contributed by atoms with Gasteiger partial charge in [-0.15, -0.1) is 11.6 Å². The second kappa shape index (κ2) is 5.86. The Morgan fingerprint density at radius 3 is 2.33 bits per heavy atom. The van der Waals surface area contributed by atoms with Gasteiger partial charge in [-0.2, -0.15) is 4.31 Å². The second-order valence-electron chi connectivity index (χ2n) is 6.25. The van der Waals surface area contributed by atoms with Crippen molar-refractivity contribution in [3.05, 3.63) is 23.9 Å². The molecule has 6 heteroatoms. The van der Waals surface area contributed by atoms with Gasteiger partial charge in [0.25, 0.3) is 10.0 Å². The fourth-order valence-corrected chi connectivity index (χ4v) is 5.11. The molecule has 2 heterocycles. The molecule has 4 nitrogen and oxygen atoms in total. The van der Waals surface area contributed by atoms with Crippen LogP contribution in [-0.4, -0.2) is 30.8 Å². The molecule has 1 spiro atoms. The van der Waals surface area contributed by atoms with Crippen molar-refractivity contribution in [3.63, 3.8) is 0 Å². The number of aromatic nitrogens is 1. The zero-order valence-electron chi connectivity index (χ0n) is 12.1. The molecule has 0 aromatic carbocycles. The SMILES string of the molecule is O=S(=O)(c1ccc(CCl)cn1)N1CCC2(CCCC2)CC1. The summed E-state index contributed by atoms with van der Waals surface area (Å²) in [6.07, 6.45) is 8.66. The molecule has 1 aromatic heterocycles. The standard InChI is InChI=1S/C15H21ClN2O2S/c16-11-13-3-4-14(17-12-13)21(19,20)18-9-7-15(8-10-18)5-1-2-6-15/h3-4,12H,1-2,5-11H2. The predicted octanol–water partition coefficient (Wildman–Crippen LogP) is 3.17. The molecule has 1 aliphatic carbocycles. The highest BCUT2D eigenvalue weighted by Gasteiger charge is 2.40. The lowest BCUT2D eigenvalue weighted by atomic mass is 9.78. The fraction of sp³-hybridized carbons (Fsp3) is 0.667. The average Bonchev–Trinajstić information content (AvgIpc) is 2.96. The number of piperidine rings is 1. The Morgan fingerprint density at radius 1 is 1.14 bits per heavy atom. The van der Waals surface area contributed by atoms with Crippen LogP contribution in [0.5, 0.6) is 0 Å². The zero-order valence-corrected chi connectivity index (χ0v) is 13.7. The average molecular weight is 329 g/mol. The maximum absolute atomic E-state index is 12.6. The van der Waals surface area contributed by atoms with E-state index in [-0.39, 0.29) is 5.03 Å². The van der Waals surface area contributed by atoms with Crippen LogP contribution in [0.1, 0.15) is 44.1 Å². The van der Waals surface area contributed by atoms with Gasteiger partial charge in [-0.1, -0.05) is 18.9 Å². The summed E-state index contributed by atoms with van der Waals surface area (Å²) >= 11 is 5.71. The molecule has 1 aromatic rings. The predicted molar refractivity (Wildman–Crippen MR) is 82.7 cm³/mol. The molecule has 21 heavy (non-hydrogen) atoms. The number of nitrogens with zero attached hydrogens (tertiary/aromatic N) is 2. The molecule has 1 aliphatic heterocycles. The number of alkyl halides is 1. The molecule has 0 unspecified atom stereocenters. The maximum Gasteiger partial charge on any atom is 0.260 e. The summed E-state index contributed by atoms with van der Waals surface area (Å²) in [7, 11) is -3.45. The number of halogens is 1. The van der Waals surface area contributed by atoms with Gasteiger partial charge in [0, 0.05) is 25.2 Å². The first-order chi connectivity index (χ1) is 10.1. The van der Waals surface area contributed by atoms with Crippen LogP contribution in [-0.2, 0) is 15.9 Å². The highest BCUT2D eigenvalue weighted by atomic mass is 35.5. The summed E-state index contributed by atoms with van der Waals surface area (Å²) in [6.45, 7) is 1.25. The van der Waals surface area contributed by atoms with E-state index >= 15 is 0 Å². The van der Waals surface area contributed by atoms with Crippen LogP contribution < -0.4 is 0 Å². The fourth-order valence-electron chi connectivity index (χ4n) is 3.60. The first-order valence-electron chi connectivity index (χ1n) is 7.57. The van der Waals surface area contributed by atoms with E-state index in [2.05, 4.69) is 4.98 Å². The van der Waals surface area contributed by atoms with E-state index in [4.69, 9.17) is 11.6 Å². The largest absolute Gasteiger partial charge is 0.260 e. The van der Waals surface area contributed by atoms with Crippen molar-refractivity contribution in [2.45, 2.75) is 49.4 Å². The van der Waals surface area contributed by atoms with Gasteiger partial charge < -0.3 is 0 Å². The van der Waals surface area contributed by atoms with Crippen molar-refractivity contribution in [3.8, 4) is 0 Å². The van der Waals surface area contributed by atoms with Crippen molar-refractivity contribution in [2.24, 2.45) is 5.41 Å². The van der Waals surface area contributed by atoms with Crippen LogP contribution in [0.4, 0.5) is 0 Å². The molecule has 116 valence electrons. The van der Waals surface area contributed by atoms with E-state index in [0.29, 0.717) is 24.4 Å². The van der Waals surface area contributed by atoms with Gasteiger partial charge in [-0.25, -0.2) is 13.4 Å². The third kappa shape index (κ3) is 2.96. The van der Waals surface area contributed by atoms with Gasteiger partial charge in [0.2, 0.25) is 0 Å². The second-order valence-corrected chi connectivity index (χ2v) is 8.40. The quantitative estimate of drug-likeness (QED) is 0.801. The number of hydrogen-bond acceptors (Lipinski definition) is 3. The van der Waals surface area contributed by atoms with Crippen LogP contribution in [0.15, 0.2) is 23.4 Å². The summed E-state index contributed by atoms with van der Waals surface area (Å²) < 4.78 is 26.8. The summed E-state index contributed by atoms with van der Waals surface area (Å²) in [5.41, 5.74) is 1.25. The first kappa shape index (κ1) is 15.3. The summed E-state index contributed by atoms with van der Waals surface area (Å²) in [5.74, 6) is 0.347. The molecule has 3 rings (SSSR count). The van der Waals surface area contributed by atoms with E-state index in [9.17, 15) is 8.42 Å². The van der Waals surface area contributed by atoms with Crippen LogP contribution in [0.2, 0.25) is 0 Å². The number of rotatable bonds is 3. The molecule has 1 saturated carbocycles. The van der Waals surface area contributed by atoms with E-state index in [0.717, 1.165) is 18.4 Å². The first-order valence-corrected chi connectivity index (χ1v) is 9.54. The third-order valence-corrected chi connectivity index (χ3v) is 7.13. The van der Waals surface area contributed by atoms with Gasteiger partial charge in [-0.3, -0.25) is 0 Å². The Morgan fingerprint density at radius 2 is 1.81 bits per heavy atom. The lowest BCUT2D eigenvalue weighted by Crippen LogP contribution is -2.42. The summed E-state index contributed by atoms with van der Waals surface area (Å²) in [4.78, 5) is 4.07. The highest BCUT2D eigenvalue weighted by Crippen LogP contribution is 2.46. The van der Waals surface area contributed by atoms with E-state index in [1.54, 1.807) is 22.6 Å². The van der Waals surface area contributed by atoms with Gasteiger partial charge in [0.05, 0.1) is 0 Å². The molecule has 1 saturated heterocycles. The molecular formula is C15H21ClN2O2S. The Labute approximate surface area is 131 Å². The molecule has 0 radical (unpaired) electrons. The number of pyridine rings is 1. The normalized spacial score (nSPS) is 22.7. The molecule has 0 bridgehead atoms. The molecule has 0 N–H and O–H groups in total. The lowest BCUT2D eigenvalue weighted by molar-refractivity contribution is 0.160. The summed E-state index contributed by atoms with van der Waals surface area (Å²) in [6, 6.07) is 3.29. The van der Waals surface area contributed by atoms with Gasteiger partial charge >= 0.3 is 0 Å². The highest BCUT2D eigenvalue weighted by molar-refractivity contribution is 7.89. The van der Waals surface area contributed by atoms with Crippen LogP contribution in [0.3, 0.4) is 0 Å². The zero-order chi connectivity index (χ0) is 14.9. The summed E-state index contributed by atoms with van der Waals surface area (Å²) in [5, 5.41) is 0.138. The van der Waals surface area contributed by atoms with E-state index < -0.39 is 10.0 Å². The van der Waals surface area contributed by atoms with Crippen LogP contribution >= 0.6 is 11.6 Å². The Hall–Kier alpha value is -0.650. The minimum Gasteiger partial charge on any atom is -0.243 e. The minimum atomic E-state index is -3.45. The van der Waals surface area contributed by atoms with Crippen molar-refractivity contribution in [1.29, 1.82) is 0 Å². The van der Waals surface area contributed by atoms with Crippen molar-refractivity contribution >= 4 is 21.6 Å². The van der Waals surface area contributed by atoms with Crippen molar-refractivity contribution in [2.75, 3.05) is 13.1 Å². The van der Waals surface area contributed by atoms with Crippen molar-refractivity contribution in [1.82, 2.24) is 9.29 Å². The molecular weight excluding hydrogens is 308 g/mol. The molecule has 0 atom stereocenters. The van der Waals surface area contributed by atoms with Gasteiger partial charge in [0.15, 0.2) is 5.03 Å².